The van der Waals surface area contributed by atoms with Crippen LogP contribution in [0.1, 0.15) is 19.4 Å². The maximum absolute atomic E-state index is 11.5. The van der Waals surface area contributed by atoms with E-state index in [0.29, 0.717) is 11.7 Å². The molecule has 0 aromatic heterocycles. The Bertz CT molecular complexity index is 394. The third kappa shape index (κ3) is 5.14. The first-order valence-electron chi connectivity index (χ1n) is 5.77. The second-order valence-corrected chi connectivity index (χ2v) is 4.08. The van der Waals surface area contributed by atoms with Crippen LogP contribution < -0.4 is 5.32 Å². The molecule has 1 aromatic rings. The molecule has 18 heavy (non-hydrogen) atoms. The number of nitrogens with one attached hydrogen (secondary N) is 1. The highest BCUT2D eigenvalue weighted by Gasteiger charge is 2.13. The summed E-state index contributed by atoms with van der Waals surface area (Å²) in [5.41, 5.74) is 0.938. The van der Waals surface area contributed by atoms with Gasteiger partial charge in [-0.05, 0) is 31.6 Å². The van der Waals surface area contributed by atoms with E-state index in [-0.39, 0.29) is 12.6 Å². The summed E-state index contributed by atoms with van der Waals surface area (Å²) in [6.45, 7) is 4.32. The molecule has 1 amide bonds. The van der Waals surface area contributed by atoms with Crippen LogP contribution in [0.15, 0.2) is 30.3 Å². The number of alkyl carbamates (subject to hydrolysis) is 1. The fourth-order valence-electron chi connectivity index (χ4n) is 1.27. The van der Waals surface area contributed by atoms with E-state index in [1.165, 1.54) is 0 Å². The van der Waals surface area contributed by atoms with Gasteiger partial charge in [-0.3, -0.25) is 0 Å². The summed E-state index contributed by atoms with van der Waals surface area (Å²) >= 11 is 4.98. The maximum Gasteiger partial charge on any atom is 0.408 e. The quantitative estimate of drug-likeness (QED) is 0.833. The molecule has 98 valence electrons. The van der Waals surface area contributed by atoms with Crippen LogP contribution in [0.2, 0.25) is 0 Å². The number of benzene rings is 1. The third-order valence-electron chi connectivity index (χ3n) is 2.19. The fourth-order valence-corrected chi connectivity index (χ4v) is 1.44. The molecule has 0 heterocycles. The summed E-state index contributed by atoms with van der Waals surface area (Å²) in [7, 11) is 0. The highest BCUT2D eigenvalue weighted by atomic mass is 32.1. The van der Waals surface area contributed by atoms with Crippen LogP contribution in [0.5, 0.6) is 0 Å². The number of rotatable bonds is 5. The minimum atomic E-state index is -0.506. The lowest BCUT2D eigenvalue weighted by Gasteiger charge is -2.15. The molecule has 0 spiro atoms. The highest BCUT2D eigenvalue weighted by Crippen LogP contribution is 2.01. The minimum absolute atomic E-state index is 0.237. The molecule has 1 rings (SSSR count). The second-order valence-electron chi connectivity index (χ2n) is 3.68. The molecule has 1 aromatic carbocycles. The normalized spacial score (nSPS) is 11.4. The number of hydrogen-bond donors (Lipinski definition) is 1. The van der Waals surface area contributed by atoms with Gasteiger partial charge in [-0.2, -0.15) is 0 Å². The Morgan fingerprint density at radius 3 is 2.61 bits per heavy atom. The lowest BCUT2D eigenvalue weighted by Crippen LogP contribution is -2.38. The van der Waals surface area contributed by atoms with Crippen LogP contribution in [-0.4, -0.2) is 23.8 Å². The second kappa shape index (κ2) is 7.66. The zero-order chi connectivity index (χ0) is 13.4. The summed E-state index contributed by atoms with van der Waals surface area (Å²) < 4.78 is 10.2. The van der Waals surface area contributed by atoms with Gasteiger partial charge in [0.25, 0.3) is 0 Å². The van der Waals surface area contributed by atoms with Crippen LogP contribution in [0.25, 0.3) is 0 Å². The van der Waals surface area contributed by atoms with Gasteiger partial charge in [0.15, 0.2) is 5.05 Å². The van der Waals surface area contributed by atoms with Crippen molar-refractivity contribution in [3.05, 3.63) is 35.9 Å². The Kier molecular flexibility index (Phi) is 6.14. The van der Waals surface area contributed by atoms with Crippen molar-refractivity contribution >= 4 is 23.4 Å². The van der Waals surface area contributed by atoms with Gasteiger partial charge in [0.05, 0.1) is 12.6 Å². The van der Waals surface area contributed by atoms with Crippen molar-refractivity contribution in [1.29, 1.82) is 0 Å². The zero-order valence-electron chi connectivity index (χ0n) is 10.5. The van der Waals surface area contributed by atoms with Gasteiger partial charge in [-0.1, -0.05) is 30.3 Å². The third-order valence-corrected chi connectivity index (χ3v) is 2.66. The zero-order valence-corrected chi connectivity index (χ0v) is 11.3. The van der Waals surface area contributed by atoms with Gasteiger partial charge in [0.2, 0.25) is 0 Å². The maximum atomic E-state index is 11.5. The molecular formula is C13H17NO3S. The molecule has 0 aliphatic heterocycles. The van der Waals surface area contributed by atoms with Crippen LogP contribution in [-0.2, 0) is 16.1 Å². The molecule has 5 heteroatoms. The minimum Gasteiger partial charge on any atom is -0.485 e. The lowest BCUT2D eigenvalue weighted by atomic mass is 10.2. The van der Waals surface area contributed by atoms with E-state index in [9.17, 15) is 4.79 Å². The molecule has 1 N–H and O–H groups in total. The van der Waals surface area contributed by atoms with Crippen molar-refractivity contribution in [2.45, 2.75) is 26.5 Å². The summed E-state index contributed by atoms with van der Waals surface area (Å²) in [6, 6.07) is 9.13. The van der Waals surface area contributed by atoms with E-state index in [0.717, 1.165) is 5.56 Å². The van der Waals surface area contributed by atoms with Gasteiger partial charge in [-0.15, -0.1) is 0 Å². The predicted molar refractivity (Wildman–Crippen MR) is 73.4 cm³/mol. The molecule has 0 saturated carbocycles. The Morgan fingerprint density at radius 2 is 2.00 bits per heavy atom. The fraction of sp³-hybridized carbons (Fsp3) is 0.385. The largest absolute Gasteiger partial charge is 0.485 e. The van der Waals surface area contributed by atoms with Crippen LogP contribution in [0.4, 0.5) is 4.79 Å². The van der Waals surface area contributed by atoms with Gasteiger partial charge in [0, 0.05) is 0 Å². The molecule has 0 saturated heterocycles. The van der Waals surface area contributed by atoms with Gasteiger partial charge < -0.3 is 14.8 Å². The summed E-state index contributed by atoms with van der Waals surface area (Å²) in [5, 5.41) is 2.96. The number of amides is 1. The lowest BCUT2D eigenvalue weighted by molar-refractivity contribution is 0.137. The first kappa shape index (κ1) is 14.4. The van der Waals surface area contributed by atoms with Crippen molar-refractivity contribution in [2.75, 3.05) is 6.61 Å². The Hall–Kier alpha value is -1.62. The molecule has 1 unspecified atom stereocenters. The Labute approximate surface area is 112 Å². The number of hydrogen-bond acceptors (Lipinski definition) is 4. The van der Waals surface area contributed by atoms with E-state index in [2.05, 4.69) is 5.32 Å². The smallest absolute Gasteiger partial charge is 0.408 e. The first-order chi connectivity index (χ1) is 8.63. The Morgan fingerprint density at radius 1 is 1.33 bits per heavy atom. The number of carbonyl (C=O) groups excluding carboxylic acids is 1. The molecular weight excluding hydrogens is 250 g/mol. The topological polar surface area (TPSA) is 47.6 Å². The number of carbonyl (C=O) groups is 1. The molecule has 0 bridgehead atoms. The van der Waals surface area contributed by atoms with E-state index >= 15 is 0 Å². The number of ether oxygens (including phenoxy) is 2. The van der Waals surface area contributed by atoms with E-state index in [1.54, 1.807) is 6.92 Å². The van der Waals surface area contributed by atoms with Crippen molar-refractivity contribution in [3.8, 4) is 0 Å². The van der Waals surface area contributed by atoms with Gasteiger partial charge in [0.1, 0.15) is 6.61 Å². The van der Waals surface area contributed by atoms with E-state index in [1.807, 2.05) is 37.3 Å². The molecule has 1 atom stereocenters. The molecule has 0 radical (unpaired) electrons. The van der Waals surface area contributed by atoms with Crippen molar-refractivity contribution in [3.63, 3.8) is 0 Å². The molecule has 4 nitrogen and oxygen atoms in total. The van der Waals surface area contributed by atoms with Gasteiger partial charge in [-0.25, -0.2) is 4.79 Å². The number of thiocarbonyl (C=S) groups is 1. The van der Waals surface area contributed by atoms with Crippen LogP contribution in [0.3, 0.4) is 0 Å². The molecule has 0 aliphatic carbocycles. The van der Waals surface area contributed by atoms with Crippen molar-refractivity contribution in [1.82, 2.24) is 5.32 Å². The summed E-state index contributed by atoms with van der Waals surface area (Å²) in [5.74, 6) is 0. The molecule has 0 aliphatic rings. The van der Waals surface area contributed by atoms with Crippen molar-refractivity contribution < 1.29 is 14.3 Å². The SMILES string of the molecule is CCOC(=S)C(C)NC(=O)OCc1ccccc1. The Balaban J connectivity index is 2.31. The van der Waals surface area contributed by atoms with Gasteiger partial charge >= 0.3 is 6.09 Å². The summed E-state index contributed by atoms with van der Waals surface area (Å²) in [4.78, 5) is 11.5. The van der Waals surface area contributed by atoms with Crippen LogP contribution >= 0.6 is 12.2 Å². The standard InChI is InChI=1S/C13H17NO3S/c1-3-16-12(18)10(2)14-13(15)17-9-11-7-5-4-6-8-11/h4-8,10H,3,9H2,1-2H3,(H,14,15). The predicted octanol–water partition coefficient (Wildman–Crippen LogP) is 2.67. The first-order valence-corrected chi connectivity index (χ1v) is 6.18. The van der Waals surface area contributed by atoms with E-state index < -0.39 is 6.09 Å². The van der Waals surface area contributed by atoms with Crippen molar-refractivity contribution in [2.24, 2.45) is 0 Å². The highest BCUT2D eigenvalue weighted by molar-refractivity contribution is 7.80. The summed E-state index contributed by atoms with van der Waals surface area (Å²) in [6.07, 6.45) is -0.506. The van der Waals surface area contributed by atoms with E-state index in [4.69, 9.17) is 21.7 Å². The molecule has 0 fully saturated rings. The van der Waals surface area contributed by atoms with Crippen LogP contribution in [0, 0.1) is 0 Å². The average Bonchev–Trinajstić information content (AvgIpc) is 2.38. The average molecular weight is 267 g/mol. The monoisotopic (exact) mass is 267 g/mol.